The minimum atomic E-state index is -0.0178. The Hall–Kier alpha value is -2.50. The monoisotopic (exact) mass is 388 g/mol. The highest BCUT2D eigenvalue weighted by Crippen LogP contribution is 2.30. The Morgan fingerprint density at radius 2 is 2.00 bits per heavy atom. The zero-order chi connectivity index (χ0) is 18.4. The van der Waals surface area contributed by atoms with Crippen LogP contribution in [0.1, 0.15) is 17.5 Å². The van der Waals surface area contributed by atoms with Gasteiger partial charge in [-0.1, -0.05) is 30.3 Å². The summed E-state index contributed by atoms with van der Waals surface area (Å²) in [5.41, 5.74) is 8.24. The van der Waals surface area contributed by atoms with E-state index >= 15 is 0 Å². The number of methoxy groups -OCH3 is 1. The van der Waals surface area contributed by atoms with Crippen molar-refractivity contribution in [1.29, 1.82) is 0 Å². The van der Waals surface area contributed by atoms with Gasteiger partial charge in [-0.2, -0.15) is 0 Å². The molecule has 144 valence electrons. The summed E-state index contributed by atoms with van der Waals surface area (Å²) in [6.45, 7) is 1.99. The first-order valence-electron chi connectivity index (χ1n) is 8.76. The maximum Gasteiger partial charge on any atom is 0.253 e. The van der Waals surface area contributed by atoms with Crippen molar-refractivity contribution in [3.05, 3.63) is 65.2 Å². The molecule has 0 atom stereocenters. The predicted octanol–water partition coefficient (Wildman–Crippen LogP) is 3.27. The van der Waals surface area contributed by atoms with E-state index in [1.807, 2.05) is 59.5 Å². The second-order valence-corrected chi connectivity index (χ2v) is 6.22. The number of amides is 1. The number of carbonyl (C=O) groups excluding carboxylic acids is 1. The molecule has 0 aliphatic carbocycles. The molecule has 1 aliphatic heterocycles. The highest BCUT2D eigenvalue weighted by atomic mass is 35.5. The normalized spacial score (nSPS) is 12.1. The summed E-state index contributed by atoms with van der Waals surface area (Å²) in [7, 11) is 1.62. The lowest BCUT2D eigenvalue weighted by molar-refractivity contribution is -0.128. The number of fused-ring (bicyclic) bond motifs is 1. The minimum Gasteiger partial charge on any atom is -0.497 e. The Balaban J connectivity index is 0.00000261. The van der Waals surface area contributed by atoms with Crippen molar-refractivity contribution >= 4 is 24.4 Å². The number of hydrogen-bond donors (Lipinski definition) is 1. The summed E-state index contributed by atoms with van der Waals surface area (Å²) in [5, 5.41) is 0. The second kappa shape index (κ2) is 10.00. The van der Waals surface area contributed by atoms with E-state index in [2.05, 4.69) is 0 Å². The van der Waals surface area contributed by atoms with Crippen LogP contribution in [0.5, 0.6) is 11.5 Å². The molecule has 5 nitrogen and oxygen atoms in total. The van der Waals surface area contributed by atoms with E-state index in [1.54, 1.807) is 7.11 Å². The van der Waals surface area contributed by atoms with E-state index in [4.69, 9.17) is 15.2 Å². The molecule has 0 unspecified atom stereocenters. The van der Waals surface area contributed by atoms with Gasteiger partial charge in [-0.25, -0.2) is 0 Å². The molecule has 1 amide bonds. The predicted molar refractivity (Wildman–Crippen MR) is 109 cm³/mol. The van der Waals surface area contributed by atoms with Crippen LogP contribution in [0.4, 0.5) is 0 Å². The maximum atomic E-state index is 13.1. The Bertz CT molecular complexity index is 793. The van der Waals surface area contributed by atoms with Gasteiger partial charge in [0.1, 0.15) is 18.1 Å². The zero-order valence-corrected chi connectivity index (χ0v) is 16.2. The number of ether oxygens (including phenoxy) is 2. The van der Waals surface area contributed by atoms with E-state index in [0.29, 0.717) is 25.2 Å². The number of carbonyl (C=O) groups is 1. The van der Waals surface area contributed by atoms with Crippen LogP contribution in [-0.2, 0) is 11.3 Å². The molecule has 0 spiro atoms. The highest BCUT2D eigenvalue weighted by Gasteiger charge is 2.22. The standard InChI is InChI=1S/C21H24N2O3.ClH/c1-25-19-8-9-20-17(13-19)12-18(15-26-20)21(24)23(11-5-10-22)14-16-6-3-2-4-7-16;/h2-4,6-9,12-13H,5,10-11,14-15,22H2,1H3;1H. The molecular weight excluding hydrogens is 364 g/mol. The van der Waals surface area contributed by atoms with Crippen LogP contribution in [-0.4, -0.2) is 37.6 Å². The van der Waals surface area contributed by atoms with Crippen molar-refractivity contribution in [2.45, 2.75) is 13.0 Å². The molecule has 1 heterocycles. The molecule has 0 fully saturated rings. The zero-order valence-electron chi connectivity index (χ0n) is 15.4. The average Bonchev–Trinajstić information content (AvgIpc) is 2.70. The number of nitrogens with two attached hydrogens (primary N) is 1. The minimum absolute atomic E-state index is 0. The Morgan fingerprint density at radius 1 is 1.22 bits per heavy atom. The van der Waals surface area contributed by atoms with Crippen LogP contribution >= 0.6 is 12.4 Å². The van der Waals surface area contributed by atoms with Gasteiger partial charge in [0.25, 0.3) is 5.91 Å². The van der Waals surface area contributed by atoms with Crippen molar-refractivity contribution in [2.75, 3.05) is 26.8 Å². The van der Waals surface area contributed by atoms with Crippen LogP contribution in [0.15, 0.2) is 54.1 Å². The molecule has 3 rings (SSSR count). The largest absolute Gasteiger partial charge is 0.497 e. The van der Waals surface area contributed by atoms with Gasteiger partial charge >= 0.3 is 0 Å². The van der Waals surface area contributed by atoms with Crippen molar-refractivity contribution < 1.29 is 14.3 Å². The summed E-state index contributed by atoms with van der Waals surface area (Å²) in [5.74, 6) is 1.48. The van der Waals surface area contributed by atoms with Gasteiger partial charge in [0.15, 0.2) is 0 Å². The van der Waals surface area contributed by atoms with Crippen LogP contribution < -0.4 is 15.2 Å². The lowest BCUT2D eigenvalue weighted by Gasteiger charge is -2.26. The molecule has 0 bridgehead atoms. The number of nitrogens with zero attached hydrogens (tertiary/aromatic N) is 1. The molecule has 2 aromatic rings. The van der Waals surface area contributed by atoms with Gasteiger partial charge in [0.05, 0.1) is 12.7 Å². The van der Waals surface area contributed by atoms with Gasteiger partial charge in [-0.3, -0.25) is 4.79 Å². The fraction of sp³-hybridized carbons (Fsp3) is 0.286. The molecule has 0 radical (unpaired) electrons. The van der Waals surface area contributed by atoms with E-state index < -0.39 is 0 Å². The van der Waals surface area contributed by atoms with Crippen LogP contribution in [0.25, 0.3) is 6.08 Å². The van der Waals surface area contributed by atoms with Crippen LogP contribution in [0.3, 0.4) is 0 Å². The van der Waals surface area contributed by atoms with Crippen molar-refractivity contribution in [2.24, 2.45) is 5.73 Å². The van der Waals surface area contributed by atoms with E-state index in [9.17, 15) is 4.79 Å². The summed E-state index contributed by atoms with van der Waals surface area (Å²) in [6.07, 6.45) is 2.65. The van der Waals surface area contributed by atoms with Crippen LogP contribution in [0.2, 0.25) is 0 Å². The number of hydrogen-bond acceptors (Lipinski definition) is 4. The van der Waals surface area contributed by atoms with Gasteiger partial charge < -0.3 is 20.1 Å². The molecule has 27 heavy (non-hydrogen) atoms. The first-order valence-corrected chi connectivity index (χ1v) is 8.76. The fourth-order valence-corrected chi connectivity index (χ4v) is 2.95. The summed E-state index contributed by atoms with van der Waals surface area (Å²) in [4.78, 5) is 14.9. The van der Waals surface area contributed by atoms with E-state index in [0.717, 1.165) is 29.0 Å². The average molecular weight is 389 g/mol. The molecular formula is C21H25ClN2O3. The van der Waals surface area contributed by atoms with Gasteiger partial charge in [0.2, 0.25) is 0 Å². The van der Waals surface area contributed by atoms with E-state index in [-0.39, 0.29) is 24.9 Å². The van der Waals surface area contributed by atoms with Gasteiger partial charge in [0, 0.05) is 18.7 Å². The van der Waals surface area contributed by atoms with Gasteiger partial charge in [-0.15, -0.1) is 12.4 Å². The number of benzene rings is 2. The molecule has 0 saturated heterocycles. The summed E-state index contributed by atoms with van der Waals surface area (Å²) >= 11 is 0. The Kier molecular flexibility index (Phi) is 7.70. The Labute approximate surface area is 166 Å². The highest BCUT2D eigenvalue weighted by molar-refractivity contribution is 5.99. The molecule has 0 saturated carbocycles. The quantitative estimate of drug-likeness (QED) is 0.790. The van der Waals surface area contributed by atoms with Crippen LogP contribution in [0, 0.1) is 0 Å². The topological polar surface area (TPSA) is 64.8 Å². The number of halogens is 1. The lowest BCUT2D eigenvalue weighted by Crippen LogP contribution is -2.35. The molecule has 2 aromatic carbocycles. The summed E-state index contributed by atoms with van der Waals surface area (Å²) < 4.78 is 11.0. The fourth-order valence-electron chi connectivity index (χ4n) is 2.95. The van der Waals surface area contributed by atoms with E-state index in [1.165, 1.54) is 0 Å². The lowest BCUT2D eigenvalue weighted by atomic mass is 10.1. The third kappa shape index (κ3) is 5.25. The third-order valence-electron chi connectivity index (χ3n) is 4.34. The molecule has 1 aliphatic rings. The number of rotatable bonds is 7. The van der Waals surface area contributed by atoms with Gasteiger partial charge in [-0.05, 0) is 42.8 Å². The van der Waals surface area contributed by atoms with Crippen molar-refractivity contribution in [1.82, 2.24) is 4.90 Å². The van der Waals surface area contributed by atoms with Crippen molar-refractivity contribution in [3.8, 4) is 11.5 Å². The molecule has 6 heteroatoms. The molecule has 2 N–H and O–H groups in total. The maximum absolute atomic E-state index is 13.1. The second-order valence-electron chi connectivity index (χ2n) is 6.22. The molecule has 0 aromatic heterocycles. The first-order chi connectivity index (χ1) is 12.7. The SMILES string of the molecule is COc1ccc2c(c1)C=C(C(=O)N(CCCN)Cc1ccccc1)CO2.Cl. The summed E-state index contributed by atoms with van der Waals surface area (Å²) in [6, 6.07) is 15.6. The third-order valence-corrected chi connectivity index (χ3v) is 4.34. The first kappa shape index (κ1) is 20.8. The smallest absolute Gasteiger partial charge is 0.253 e. The van der Waals surface area contributed by atoms with Crippen molar-refractivity contribution in [3.63, 3.8) is 0 Å². The Morgan fingerprint density at radius 3 is 2.70 bits per heavy atom.